The minimum atomic E-state index is -0.837. The van der Waals surface area contributed by atoms with E-state index < -0.39 is 6.10 Å². The quantitative estimate of drug-likeness (QED) is 0.0404. The van der Waals surface area contributed by atoms with Crippen molar-refractivity contribution in [2.24, 2.45) is 0 Å². The van der Waals surface area contributed by atoms with Crippen molar-refractivity contribution in [2.75, 3.05) is 13.2 Å². The molecule has 0 radical (unpaired) electrons. The fourth-order valence-corrected chi connectivity index (χ4v) is 4.64. The summed E-state index contributed by atoms with van der Waals surface area (Å²) < 4.78 is 10.5. The van der Waals surface area contributed by atoms with Gasteiger partial charge in [0.05, 0.1) is 6.61 Å². The highest BCUT2D eigenvalue weighted by molar-refractivity contribution is 5.70. The van der Waals surface area contributed by atoms with Gasteiger partial charge in [-0.2, -0.15) is 0 Å². The van der Waals surface area contributed by atoms with E-state index in [1.54, 1.807) is 0 Å². The molecule has 0 aromatic heterocycles. The molecule has 0 amide bonds. The molecule has 5 heteroatoms. The van der Waals surface area contributed by atoms with Crippen molar-refractivity contribution in [3.63, 3.8) is 0 Å². The summed E-state index contributed by atoms with van der Waals surface area (Å²) >= 11 is 0. The van der Waals surface area contributed by atoms with Gasteiger partial charge in [0, 0.05) is 12.8 Å². The van der Waals surface area contributed by atoms with E-state index in [2.05, 4.69) is 148 Å². The van der Waals surface area contributed by atoms with Gasteiger partial charge in [-0.05, 0) is 103 Å². The SMILES string of the molecule is CC/C=C\C/C=C\C/C=C\C/C=C\C/C=C\C/C=C\CCCCC(=O)OC(CO)COC(=O)CC/C=C\C/C=C\C/C=C\C/C=C\C/C=C\C/C=C\CC. The molecule has 5 nitrogen and oxygen atoms in total. The van der Waals surface area contributed by atoms with Crippen LogP contribution in [0.1, 0.15) is 129 Å². The van der Waals surface area contributed by atoms with Crippen LogP contribution in [0.2, 0.25) is 0 Å². The van der Waals surface area contributed by atoms with Crippen molar-refractivity contribution in [1.82, 2.24) is 0 Å². The van der Waals surface area contributed by atoms with Gasteiger partial charge in [-0.15, -0.1) is 0 Å². The first kappa shape index (κ1) is 49.8. The van der Waals surface area contributed by atoms with Gasteiger partial charge < -0.3 is 14.6 Å². The molecular weight excluding hydrogens is 669 g/mol. The lowest BCUT2D eigenvalue weighted by Crippen LogP contribution is -2.28. The molecule has 54 heavy (non-hydrogen) atoms. The highest BCUT2D eigenvalue weighted by Crippen LogP contribution is 2.06. The van der Waals surface area contributed by atoms with E-state index in [1.807, 2.05) is 12.2 Å². The Balaban J connectivity index is 3.83. The van der Waals surface area contributed by atoms with E-state index >= 15 is 0 Å². The molecule has 0 spiro atoms. The standard InChI is InChI=1S/C49H72O5/c1-3-5-7-9-11-13-15-17-19-21-23-24-26-28-30-32-34-36-38-40-42-44-49(52)54-47(45-50)46-53-48(51)43-41-39-37-35-33-31-29-27-25-22-20-18-16-14-12-10-8-6-4-2/h5-8,11-14,17-20,23-25,27-28,30-31,33-34,36-37,39,47,50H,3-4,9-10,15-16,21-22,26,29,32,35,38,40-46H2,1-2H3/b7-5-,8-6-,13-11-,14-12-,19-17-,20-18-,24-23-,27-25-,30-28-,33-31-,36-34-,39-37-. The fraction of sp³-hybridized carbons (Fsp3) is 0.469. The van der Waals surface area contributed by atoms with Crippen LogP contribution >= 0.6 is 0 Å². The fourth-order valence-electron chi connectivity index (χ4n) is 4.64. The Bertz CT molecular complexity index is 1250. The van der Waals surface area contributed by atoms with Gasteiger partial charge in [0.25, 0.3) is 0 Å². The summed E-state index contributed by atoms with van der Waals surface area (Å²) in [7, 11) is 0. The summed E-state index contributed by atoms with van der Waals surface area (Å²) in [5.74, 6) is -0.758. The number of carbonyl (C=O) groups is 2. The highest BCUT2D eigenvalue weighted by Gasteiger charge is 2.15. The number of unbranched alkanes of at least 4 members (excludes halogenated alkanes) is 2. The maximum Gasteiger partial charge on any atom is 0.306 e. The molecule has 0 aliphatic carbocycles. The molecule has 0 aliphatic heterocycles. The first-order chi connectivity index (χ1) is 26.6. The van der Waals surface area contributed by atoms with Crippen molar-refractivity contribution in [3.8, 4) is 0 Å². The lowest BCUT2D eigenvalue weighted by molar-refractivity contribution is -0.161. The van der Waals surface area contributed by atoms with Crippen molar-refractivity contribution >= 4 is 11.9 Å². The molecule has 0 saturated carbocycles. The summed E-state index contributed by atoms with van der Waals surface area (Å²) in [6.07, 6.45) is 66.3. The average Bonchev–Trinajstić information content (AvgIpc) is 3.17. The number of rotatable bonds is 34. The summed E-state index contributed by atoms with van der Waals surface area (Å²) in [6.45, 7) is 3.77. The molecule has 0 aromatic carbocycles. The molecule has 0 heterocycles. The Morgan fingerprint density at radius 2 is 0.759 bits per heavy atom. The molecule has 0 rings (SSSR count). The Kier molecular flexibility index (Phi) is 39.8. The molecule has 0 fully saturated rings. The van der Waals surface area contributed by atoms with E-state index in [9.17, 15) is 14.7 Å². The van der Waals surface area contributed by atoms with E-state index in [0.29, 0.717) is 12.8 Å². The number of carbonyl (C=O) groups excluding carboxylic acids is 2. The zero-order chi connectivity index (χ0) is 39.3. The van der Waals surface area contributed by atoms with Gasteiger partial charge in [0.15, 0.2) is 6.10 Å². The molecule has 1 atom stereocenters. The van der Waals surface area contributed by atoms with Crippen LogP contribution in [0.4, 0.5) is 0 Å². The molecule has 1 N–H and O–H groups in total. The zero-order valence-corrected chi connectivity index (χ0v) is 33.7. The predicted octanol–water partition coefficient (Wildman–Crippen LogP) is 13.2. The Labute approximate surface area is 329 Å². The number of esters is 2. The Hall–Kier alpha value is -4.22. The van der Waals surface area contributed by atoms with Gasteiger partial charge >= 0.3 is 11.9 Å². The third-order valence-corrected chi connectivity index (χ3v) is 7.64. The molecule has 1 unspecified atom stereocenters. The maximum atomic E-state index is 12.2. The smallest absolute Gasteiger partial charge is 0.306 e. The van der Waals surface area contributed by atoms with Crippen molar-refractivity contribution in [3.05, 3.63) is 146 Å². The maximum absolute atomic E-state index is 12.2. The number of hydrogen-bond acceptors (Lipinski definition) is 5. The van der Waals surface area contributed by atoms with Crippen LogP contribution < -0.4 is 0 Å². The van der Waals surface area contributed by atoms with Crippen molar-refractivity contribution in [1.29, 1.82) is 0 Å². The molecule has 0 bridgehead atoms. The number of aliphatic hydroxyl groups excluding tert-OH is 1. The van der Waals surface area contributed by atoms with Gasteiger partial charge in [-0.3, -0.25) is 9.59 Å². The van der Waals surface area contributed by atoms with Crippen molar-refractivity contribution in [2.45, 2.75) is 136 Å². The van der Waals surface area contributed by atoms with E-state index in [0.717, 1.165) is 89.9 Å². The lowest BCUT2D eigenvalue weighted by Gasteiger charge is -2.15. The molecular formula is C49H72O5. The van der Waals surface area contributed by atoms with Crippen LogP contribution in [-0.2, 0) is 19.1 Å². The second kappa shape index (κ2) is 43.2. The minimum Gasteiger partial charge on any atom is -0.462 e. The summed E-state index contributed by atoms with van der Waals surface area (Å²) in [6, 6.07) is 0. The normalized spacial score (nSPS) is 13.8. The van der Waals surface area contributed by atoms with Crippen LogP contribution in [0.3, 0.4) is 0 Å². The van der Waals surface area contributed by atoms with E-state index in [4.69, 9.17) is 9.47 Å². The third kappa shape index (κ3) is 40.5. The Morgan fingerprint density at radius 3 is 1.11 bits per heavy atom. The van der Waals surface area contributed by atoms with Crippen LogP contribution in [0.5, 0.6) is 0 Å². The average molecular weight is 741 g/mol. The summed E-state index contributed by atoms with van der Waals surface area (Å²) in [4.78, 5) is 24.3. The zero-order valence-electron chi connectivity index (χ0n) is 33.7. The third-order valence-electron chi connectivity index (χ3n) is 7.64. The molecule has 0 aromatic rings. The second-order valence-electron chi connectivity index (χ2n) is 12.6. The minimum absolute atomic E-state index is 0.136. The number of ether oxygens (including phenoxy) is 2. The van der Waals surface area contributed by atoms with E-state index in [-0.39, 0.29) is 38.0 Å². The van der Waals surface area contributed by atoms with Crippen LogP contribution in [0.15, 0.2) is 146 Å². The largest absolute Gasteiger partial charge is 0.462 e. The molecule has 298 valence electrons. The van der Waals surface area contributed by atoms with E-state index in [1.165, 1.54) is 0 Å². The summed E-state index contributed by atoms with van der Waals surface area (Å²) in [5, 5.41) is 9.56. The van der Waals surface area contributed by atoms with Gasteiger partial charge in [-0.25, -0.2) is 0 Å². The number of aliphatic hydroxyl groups is 1. The van der Waals surface area contributed by atoms with Crippen LogP contribution in [-0.4, -0.2) is 36.4 Å². The van der Waals surface area contributed by atoms with Crippen LogP contribution in [0.25, 0.3) is 0 Å². The summed E-state index contributed by atoms with van der Waals surface area (Å²) in [5.41, 5.74) is 0. The monoisotopic (exact) mass is 741 g/mol. The molecule has 0 aliphatic rings. The van der Waals surface area contributed by atoms with Gasteiger partial charge in [-0.1, -0.05) is 160 Å². The topological polar surface area (TPSA) is 72.8 Å². The second-order valence-corrected chi connectivity index (χ2v) is 12.6. The number of hydrogen-bond donors (Lipinski definition) is 1. The van der Waals surface area contributed by atoms with Gasteiger partial charge in [0.1, 0.15) is 6.61 Å². The number of allylic oxidation sites excluding steroid dienone is 24. The van der Waals surface area contributed by atoms with Crippen molar-refractivity contribution < 1.29 is 24.2 Å². The predicted molar refractivity (Wildman–Crippen MR) is 232 cm³/mol. The van der Waals surface area contributed by atoms with Crippen LogP contribution in [0, 0.1) is 0 Å². The first-order valence-electron chi connectivity index (χ1n) is 20.4. The first-order valence-corrected chi connectivity index (χ1v) is 20.4. The lowest BCUT2D eigenvalue weighted by atomic mass is 10.2. The molecule has 0 saturated heterocycles. The van der Waals surface area contributed by atoms with Gasteiger partial charge in [0.2, 0.25) is 0 Å². The Morgan fingerprint density at radius 1 is 0.426 bits per heavy atom. The highest BCUT2D eigenvalue weighted by atomic mass is 16.6.